The number of hydrogen-bond acceptors (Lipinski definition) is 7. The van der Waals surface area contributed by atoms with Crippen molar-refractivity contribution in [1.82, 2.24) is 24.5 Å². The number of ether oxygens (including phenoxy) is 2. The molecule has 170 valence electrons. The van der Waals surface area contributed by atoms with Gasteiger partial charge in [-0.3, -0.25) is 4.79 Å². The fourth-order valence-corrected chi connectivity index (χ4v) is 3.54. The van der Waals surface area contributed by atoms with E-state index in [2.05, 4.69) is 25.3 Å². The smallest absolute Gasteiger partial charge is 0.251 e. The summed E-state index contributed by atoms with van der Waals surface area (Å²) in [5.74, 6) is 3.30. The van der Waals surface area contributed by atoms with E-state index in [1.807, 2.05) is 55.1 Å². The van der Waals surface area contributed by atoms with Crippen LogP contribution in [0.3, 0.4) is 0 Å². The molecule has 0 saturated carbocycles. The number of aromatic nitrogens is 5. The van der Waals surface area contributed by atoms with Gasteiger partial charge >= 0.3 is 0 Å². The number of anilines is 1. The lowest BCUT2D eigenvalue weighted by molar-refractivity contribution is 0.393. The second-order valence-electron chi connectivity index (χ2n) is 7.49. The zero-order valence-corrected chi connectivity index (χ0v) is 19.0. The van der Waals surface area contributed by atoms with Crippen LogP contribution in [0.5, 0.6) is 11.5 Å². The average molecular weight is 447 g/mol. The molecule has 4 rings (SSSR count). The van der Waals surface area contributed by atoms with Gasteiger partial charge in [0.2, 0.25) is 0 Å². The minimum Gasteiger partial charge on any atom is -0.497 e. The van der Waals surface area contributed by atoms with Crippen LogP contribution in [0.4, 0.5) is 5.82 Å². The molecule has 0 bridgehead atoms. The first-order valence-electron chi connectivity index (χ1n) is 10.5. The highest BCUT2D eigenvalue weighted by molar-refractivity contribution is 5.56. The molecule has 0 radical (unpaired) electrons. The zero-order chi connectivity index (χ0) is 23.4. The molecule has 0 fully saturated rings. The number of aromatic amines is 1. The van der Waals surface area contributed by atoms with Crippen molar-refractivity contribution in [2.24, 2.45) is 7.05 Å². The van der Waals surface area contributed by atoms with E-state index in [1.54, 1.807) is 26.6 Å². The Morgan fingerprint density at radius 1 is 1.09 bits per heavy atom. The molecular weight excluding hydrogens is 420 g/mol. The molecule has 2 N–H and O–H groups in total. The van der Waals surface area contributed by atoms with Crippen molar-refractivity contribution in [2.75, 3.05) is 19.5 Å². The van der Waals surface area contributed by atoms with Crippen molar-refractivity contribution in [3.63, 3.8) is 0 Å². The maximum Gasteiger partial charge on any atom is 0.251 e. The quantitative estimate of drug-likeness (QED) is 0.427. The Labute approximate surface area is 191 Å². The highest BCUT2D eigenvalue weighted by Gasteiger charge is 2.21. The van der Waals surface area contributed by atoms with Crippen LogP contribution in [0.25, 0.3) is 11.4 Å². The minimum absolute atomic E-state index is 0.180. The van der Waals surface area contributed by atoms with Gasteiger partial charge in [-0.05, 0) is 36.2 Å². The van der Waals surface area contributed by atoms with Gasteiger partial charge in [0.1, 0.15) is 35.0 Å². The molecule has 0 amide bonds. The average Bonchev–Trinajstić information content (AvgIpc) is 3.27. The van der Waals surface area contributed by atoms with Crippen LogP contribution in [-0.2, 0) is 13.5 Å². The van der Waals surface area contributed by atoms with Crippen molar-refractivity contribution in [2.45, 2.75) is 19.4 Å². The van der Waals surface area contributed by atoms with E-state index in [0.717, 1.165) is 22.6 Å². The lowest BCUT2D eigenvalue weighted by atomic mass is 10.0. The van der Waals surface area contributed by atoms with E-state index in [1.165, 1.54) is 6.07 Å². The number of pyridine rings is 1. The van der Waals surface area contributed by atoms with E-state index in [9.17, 15) is 4.79 Å². The van der Waals surface area contributed by atoms with Crippen LogP contribution in [0.1, 0.15) is 30.0 Å². The number of nitrogens with zero attached hydrogens (tertiary/aromatic N) is 4. The molecule has 1 aromatic carbocycles. The van der Waals surface area contributed by atoms with Gasteiger partial charge in [0.15, 0.2) is 0 Å². The standard InChI is InChI=1S/C24H26N6O3/c1-5-17-12-21(31)29-23(27-17)15-6-7-20(26-14-15)28-22(24-25-8-9-30(24)2)16-10-18(32-3)13-19(11-16)33-4/h6-14,22H,5H2,1-4H3,(H,26,28)(H,27,29,31). The largest absolute Gasteiger partial charge is 0.497 e. The lowest BCUT2D eigenvalue weighted by Crippen LogP contribution is -2.17. The third-order valence-electron chi connectivity index (χ3n) is 5.31. The Kier molecular flexibility index (Phi) is 6.39. The lowest BCUT2D eigenvalue weighted by Gasteiger charge is -2.21. The molecule has 1 unspecified atom stereocenters. The summed E-state index contributed by atoms with van der Waals surface area (Å²) in [4.78, 5) is 28.3. The van der Waals surface area contributed by atoms with Crippen LogP contribution >= 0.6 is 0 Å². The summed E-state index contributed by atoms with van der Waals surface area (Å²) >= 11 is 0. The summed E-state index contributed by atoms with van der Waals surface area (Å²) in [5, 5.41) is 3.46. The molecule has 0 aliphatic carbocycles. The minimum atomic E-state index is -0.311. The molecule has 1 atom stereocenters. The molecule has 4 aromatic rings. The normalized spacial score (nSPS) is 11.8. The number of benzene rings is 1. The number of aryl methyl sites for hydroxylation is 2. The van der Waals surface area contributed by atoms with Crippen LogP contribution < -0.4 is 20.3 Å². The third-order valence-corrected chi connectivity index (χ3v) is 5.31. The Morgan fingerprint density at radius 2 is 1.85 bits per heavy atom. The maximum atomic E-state index is 11.9. The van der Waals surface area contributed by atoms with Gasteiger partial charge in [0.05, 0.1) is 14.2 Å². The second kappa shape index (κ2) is 9.56. The fraction of sp³-hybridized carbons (Fsp3) is 0.250. The van der Waals surface area contributed by atoms with Gasteiger partial charge in [0.25, 0.3) is 5.56 Å². The number of rotatable bonds is 8. The molecule has 0 saturated heterocycles. The number of H-pyrrole nitrogens is 1. The van der Waals surface area contributed by atoms with Gasteiger partial charge in [0, 0.05) is 49.0 Å². The molecule has 0 spiro atoms. The molecule has 0 aliphatic heterocycles. The number of methoxy groups -OCH3 is 2. The molecular formula is C24H26N6O3. The van der Waals surface area contributed by atoms with E-state index < -0.39 is 0 Å². The van der Waals surface area contributed by atoms with Gasteiger partial charge in [-0.1, -0.05) is 6.92 Å². The Bertz CT molecular complexity index is 1270. The van der Waals surface area contributed by atoms with Gasteiger partial charge in [-0.15, -0.1) is 0 Å². The van der Waals surface area contributed by atoms with Crippen LogP contribution in [-0.4, -0.2) is 38.7 Å². The van der Waals surface area contributed by atoms with E-state index in [0.29, 0.717) is 29.6 Å². The highest BCUT2D eigenvalue weighted by atomic mass is 16.5. The monoisotopic (exact) mass is 446 g/mol. The van der Waals surface area contributed by atoms with Crippen molar-refractivity contribution >= 4 is 5.82 Å². The Hall–Kier alpha value is -4.14. The zero-order valence-electron chi connectivity index (χ0n) is 19.0. The van der Waals surface area contributed by atoms with Gasteiger partial charge in [-0.2, -0.15) is 0 Å². The van der Waals surface area contributed by atoms with Crippen LogP contribution in [0.2, 0.25) is 0 Å². The van der Waals surface area contributed by atoms with Crippen LogP contribution in [0.15, 0.2) is 59.8 Å². The highest BCUT2D eigenvalue weighted by Crippen LogP contribution is 2.31. The molecule has 33 heavy (non-hydrogen) atoms. The van der Waals surface area contributed by atoms with Gasteiger partial charge in [-0.25, -0.2) is 15.0 Å². The van der Waals surface area contributed by atoms with E-state index >= 15 is 0 Å². The SMILES string of the molecule is CCc1cc(=O)[nH]c(-c2ccc(NC(c3cc(OC)cc(OC)c3)c3nccn3C)nc2)n1. The number of nitrogens with one attached hydrogen (secondary N) is 2. The van der Waals surface area contributed by atoms with E-state index in [-0.39, 0.29) is 11.6 Å². The summed E-state index contributed by atoms with van der Waals surface area (Å²) in [7, 11) is 5.18. The van der Waals surface area contributed by atoms with E-state index in [4.69, 9.17) is 9.47 Å². The number of hydrogen-bond donors (Lipinski definition) is 2. The van der Waals surface area contributed by atoms with Crippen molar-refractivity contribution in [3.8, 4) is 22.9 Å². The Balaban J connectivity index is 1.69. The summed E-state index contributed by atoms with van der Waals surface area (Å²) in [6, 6.07) is 10.6. The van der Waals surface area contributed by atoms with Crippen molar-refractivity contribution < 1.29 is 9.47 Å². The summed E-state index contributed by atoms with van der Waals surface area (Å²) in [5.41, 5.74) is 2.19. The second-order valence-corrected chi connectivity index (χ2v) is 7.49. The summed E-state index contributed by atoms with van der Waals surface area (Å²) < 4.78 is 12.9. The summed E-state index contributed by atoms with van der Waals surface area (Å²) in [6.45, 7) is 1.96. The number of imidazole rings is 1. The Morgan fingerprint density at radius 3 is 2.42 bits per heavy atom. The van der Waals surface area contributed by atoms with Crippen molar-refractivity contribution in [1.29, 1.82) is 0 Å². The molecule has 0 aliphatic rings. The molecule has 9 nitrogen and oxygen atoms in total. The van der Waals surface area contributed by atoms with Crippen LogP contribution in [0, 0.1) is 0 Å². The molecule has 3 aromatic heterocycles. The molecule has 3 heterocycles. The van der Waals surface area contributed by atoms with Gasteiger partial charge < -0.3 is 24.3 Å². The van der Waals surface area contributed by atoms with Crippen molar-refractivity contribution in [3.05, 3.63) is 82.4 Å². The molecule has 9 heteroatoms. The topological polar surface area (TPSA) is 107 Å². The fourth-order valence-electron chi connectivity index (χ4n) is 3.54. The predicted molar refractivity (Wildman–Crippen MR) is 126 cm³/mol. The summed E-state index contributed by atoms with van der Waals surface area (Å²) in [6.07, 6.45) is 6.00. The first-order chi connectivity index (χ1) is 16.0. The third kappa shape index (κ3) is 4.87. The maximum absolute atomic E-state index is 11.9. The predicted octanol–water partition coefficient (Wildman–Crippen LogP) is 3.35. The first kappa shape index (κ1) is 22.1. The first-order valence-corrected chi connectivity index (χ1v) is 10.5.